The molecule has 1 aliphatic heterocycles. The van der Waals surface area contributed by atoms with Gasteiger partial charge in [-0.15, -0.1) is 0 Å². The molecule has 0 radical (unpaired) electrons. The van der Waals surface area contributed by atoms with Crippen LogP contribution in [0.3, 0.4) is 0 Å². The molecule has 0 aliphatic carbocycles. The molecule has 0 saturated heterocycles. The number of nitrogens with zero attached hydrogens (tertiary/aromatic N) is 2. The molecule has 2 rings (SSSR count). The van der Waals surface area contributed by atoms with E-state index in [-0.39, 0.29) is 12.4 Å². The van der Waals surface area contributed by atoms with Crippen molar-refractivity contribution in [3.05, 3.63) is 35.9 Å². The molecule has 1 aromatic carbocycles. The number of sulfonamides is 1. The molecule has 1 atom stereocenters. The molecule has 8 heteroatoms. The smallest absolute Gasteiger partial charge is 0.229 e. The topological polar surface area (TPSA) is 88.1 Å². The largest absolute Gasteiger partial charge is 0.491 e. The molecule has 24 heavy (non-hydrogen) atoms. The number of dihydropyridines is 1. The Balaban J connectivity index is 1.95. The van der Waals surface area contributed by atoms with E-state index < -0.39 is 16.1 Å². The van der Waals surface area contributed by atoms with Gasteiger partial charge in [-0.2, -0.15) is 0 Å². The lowest BCUT2D eigenvalue weighted by molar-refractivity contribution is -0.116. The first-order chi connectivity index (χ1) is 11.2. The molecule has 0 spiro atoms. The van der Waals surface area contributed by atoms with Gasteiger partial charge in [-0.05, 0) is 37.9 Å². The fourth-order valence-corrected chi connectivity index (χ4v) is 2.75. The maximum Gasteiger partial charge on any atom is 0.229 e. The molecule has 1 aromatic rings. The SMILES string of the molecule is CN(C)CC1=CC(=O)C(COc2cccc(NS(C)(=O)=O)c2)N=C1. The van der Waals surface area contributed by atoms with Crippen molar-refractivity contribution in [2.24, 2.45) is 4.99 Å². The predicted molar refractivity (Wildman–Crippen MR) is 94.3 cm³/mol. The molecule has 1 aliphatic rings. The molecule has 130 valence electrons. The van der Waals surface area contributed by atoms with Gasteiger partial charge in [-0.25, -0.2) is 8.42 Å². The van der Waals surface area contributed by atoms with E-state index in [0.29, 0.717) is 18.0 Å². The number of ether oxygens (including phenoxy) is 1. The van der Waals surface area contributed by atoms with Crippen LogP contribution in [0.2, 0.25) is 0 Å². The van der Waals surface area contributed by atoms with Gasteiger partial charge in [0.2, 0.25) is 10.0 Å². The summed E-state index contributed by atoms with van der Waals surface area (Å²) in [7, 11) is 0.496. The third-order valence-corrected chi connectivity index (χ3v) is 3.73. The Morgan fingerprint density at radius 1 is 1.33 bits per heavy atom. The lowest BCUT2D eigenvalue weighted by atomic mass is 10.1. The van der Waals surface area contributed by atoms with Crippen molar-refractivity contribution in [3.8, 4) is 5.75 Å². The molecule has 0 amide bonds. The van der Waals surface area contributed by atoms with Crippen molar-refractivity contribution < 1.29 is 17.9 Å². The Bertz CT molecular complexity index is 769. The highest BCUT2D eigenvalue weighted by atomic mass is 32.2. The highest BCUT2D eigenvalue weighted by Gasteiger charge is 2.20. The number of rotatable bonds is 7. The molecule has 0 aromatic heterocycles. The van der Waals surface area contributed by atoms with Gasteiger partial charge in [0, 0.05) is 18.8 Å². The summed E-state index contributed by atoms with van der Waals surface area (Å²) < 4.78 is 30.4. The minimum atomic E-state index is -3.35. The summed E-state index contributed by atoms with van der Waals surface area (Å²) in [5.74, 6) is 0.370. The maximum absolute atomic E-state index is 12.1. The fourth-order valence-electron chi connectivity index (χ4n) is 2.19. The molecule has 7 nitrogen and oxygen atoms in total. The first-order valence-electron chi connectivity index (χ1n) is 7.36. The second kappa shape index (κ2) is 7.59. The monoisotopic (exact) mass is 351 g/mol. The van der Waals surface area contributed by atoms with Crippen LogP contribution in [0.1, 0.15) is 0 Å². The number of aliphatic imine (C=N–C) groups is 1. The third-order valence-electron chi connectivity index (χ3n) is 3.12. The van der Waals surface area contributed by atoms with E-state index in [1.54, 1.807) is 36.6 Å². The number of benzene rings is 1. The van der Waals surface area contributed by atoms with E-state index >= 15 is 0 Å². The van der Waals surface area contributed by atoms with Crippen LogP contribution in [0.4, 0.5) is 5.69 Å². The molecular formula is C16H21N3O4S. The second-order valence-electron chi connectivity index (χ2n) is 5.87. The number of ketones is 1. The van der Waals surface area contributed by atoms with Gasteiger partial charge in [0.1, 0.15) is 18.4 Å². The summed E-state index contributed by atoms with van der Waals surface area (Å²) in [6.07, 6.45) is 4.35. The predicted octanol–water partition coefficient (Wildman–Crippen LogP) is 0.947. The van der Waals surface area contributed by atoms with Gasteiger partial charge in [0.05, 0.1) is 11.9 Å². The van der Waals surface area contributed by atoms with Gasteiger partial charge < -0.3 is 9.64 Å². The van der Waals surface area contributed by atoms with Gasteiger partial charge in [-0.3, -0.25) is 14.5 Å². The number of hydrogen-bond acceptors (Lipinski definition) is 6. The Kier molecular flexibility index (Phi) is 5.74. The van der Waals surface area contributed by atoms with E-state index in [0.717, 1.165) is 11.8 Å². The highest BCUT2D eigenvalue weighted by Crippen LogP contribution is 2.19. The zero-order chi connectivity index (χ0) is 17.7. The summed E-state index contributed by atoms with van der Waals surface area (Å²) in [6, 6.07) is 5.96. The maximum atomic E-state index is 12.1. The number of hydrogen-bond donors (Lipinski definition) is 1. The van der Waals surface area contributed by atoms with E-state index in [9.17, 15) is 13.2 Å². The zero-order valence-electron chi connectivity index (χ0n) is 13.9. The quantitative estimate of drug-likeness (QED) is 0.790. The zero-order valence-corrected chi connectivity index (χ0v) is 14.7. The molecule has 1 N–H and O–H groups in total. The Labute approximate surface area is 142 Å². The van der Waals surface area contributed by atoms with E-state index in [2.05, 4.69) is 9.71 Å². The summed E-state index contributed by atoms with van der Waals surface area (Å²) in [6.45, 7) is 0.755. The van der Waals surface area contributed by atoms with Gasteiger partial charge in [0.15, 0.2) is 5.78 Å². The highest BCUT2D eigenvalue weighted by molar-refractivity contribution is 7.92. The van der Waals surface area contributed by atoms with Crippen molar-refractivity contribution in [2.45, 2.75) is 6.04 Å². The molecular weight excluding hydrogens is 330 g/mol. The average Bonchev–Trinajstić information content (AvgIpc) is 2.44. The van der Waals surface area contributed by atoms with E-state index in [1.807, 2.05) is 19.0 Å². The van der Waals surface area contributed by atoms with E-state index in [1.165, 1.54) is 0 Å². The molecule has 1 unspecified atom stereocenters. The molecule has 0 saturated carbocycles. The van der Waals surface area contributed by atoms with E-state index in [4.69, 9.17) is 4.74 Å². The van der Waals surface area contributed by atoms with Crippen molar-refractivity contribution in [1.29, 1.82) is 0 Å². The van der Waals surface area contributed by atoms with Gasteiger partial charge >= 0.3 is 0 Å². The number of carbonyl (C=O) groups is 1. The van der Waals surface area contributed by atoms with Crippen LogP contribution in [0.15, 0.2) is 40.9 Å². The molecule has 1 heterocycles. The van der Waals surface area contributed by atoms with Crippen molar-refractivity contribution >= 4 is 27.7 Å². The van der Waals surface area contributed by atoms with Crippen LogP contribution in [-0.2, 0) is 14.8 Å². The van der Waals surface area contributed by atoms with Crippen LogP contribution < -0.4 is 9.46 Å². The van der Waals surface area contributed by atoms with Crippen LogP contribution in [-0.4, -0.2) is 64.9 Å². The number of nitrogens with one attached hydrogen (secondary N) is 1. The van der Waals surface area contributed by atoms with Crippen molar-refractivity contribution in [1.82, 2.24) is 4.90 Å². The van der Waals surface area contributed by atoms with Gasteiger partial charge in [-0.1, -0.05) is 6.07 Å². The standard InChI is InChI=1S/C16H21N3O4S/c1-19(2)10-12-7-16(20)15(17-9-12)11-23-14-6-4-5-13(8-14)18-24(3,21)22/h4-9,15,18H,10-11H2,1-3H3. The van der Waals surface area contributed by atoms with Crippen LogP contribution in [0.5, 0.6) is 5.75 Å². The minimum Gasteiger partial charge on any atom is -0.491 e. The Morgan fingerprint density at radius 2 is 2.08 bits per heavy atom. The third kappa shape index (κ3) is 5.78. The van der Waals surface area contributed by atoms with Crippen LogP contribution in [0, 0.1) is 0 Å². The van der Waals surface area contributed by atoms with Crippen molar-refractivity contribution in [2.75, 3.05) is 38.2 Å². The molecule has 0 bridgehead atoms. The summed E-state index contributed by atoms with van der Waals surface area (Å²) in [4.78, 5) is 18.3. The number of likely N-dealkylation sites (N-methyl/N-ethyl adjacent to an activating group) is 1. The first-order valence-corrected chi connectivity index (χ1v) is 9.25. The normalized spacial score (nSPS) is 17.8. The lowest BCUT2D eigenvalue weighted by Gasteiger charge is -2.17. The Morgan fingerprint density at radius 3 is 2.71 bits per heavy atom. The van der Waals surface area contributed by atoms with Crippen molar-refractivity contribution in [3.63, 3.8) is 0 Å². The Hall–Kier alpha value is -2.19. The summed E-state index contributed by atoms with van der Waals surface area (Å²) in [5, 5.41) is 0. The summed E-state index contributed by atoms with van der Waals surface area (Å²) in [5.41, 5.74) is 1.27. The minimum absolute atomic E-state index is 0.0974. The fraction of sp³-hybridized carbons (Fsp3) is 0.375. The van der Waals surface area contributed by atoms with Crippen LogP contribution >= 0.6 is 0 Å². The second-order valence-corrected chi connectivity index (χ2v) is 7.61. The number of anilines is 1. The lowest BCUT2D eigenvalue weighted by Crippen LogP contribution is -2.29. The number of carbonyl (C=O) groups excluding carboxylic acids is 1. The van der Waals surface area contributed by atoms with Crippen LogP contribution in [0.25, 0.3) is 0 Å². The first kappa shape index (κ1) is 18.2. The molecule has 0 fully saturated rings. The van der Waals surface area contributed by atoms with Gasteiger partial charge in [0.25, 0.3) is 0 Å². The average molecular weight is 351 g/mol. The summed E-state index contributed by atoms with van der Waals surface area (Å²) >= 11 is 0.